The number of hydrogen-bond acceptors (Lipinski definition) is 4. The van der Waals surface area contributed by atoms with Gasteiger partial charge < -0.3 is 9.84 Å². The molecular formula is C15H18N2O3. The van der Waals surface area contributed by atoms with Gasteiger partial charge in [-0.05, 0) is 38.0 Å². The number of rotatable bonds is 6. The van der Waals surface area contributed by atoms with Crippen molar-refractivity contribution in [1.82, 2.24) is 9.97 Å². The molecule has 0 unspecified atom stereocenters. The Bertz CT molecular complexity index is 574. The molecule has 106 valence electrons. The number of nitrogens with zero attached hydrogens (tertiary/aromatic N) is 2. The lowest BCUT2D eigenvalue weighted by Gasteiger charge is -2.09. The van der Waals surface area contributed by atoms with Crippen molar-refractivity contribution in [2.24, 2.45) is 0 Å². The van der Waals surface area contributed by atoms with Crippen LogP contribution in [0.25, 0.3) is 5.57 Å². The average molecular weight is 274 g/mol. The van der Waals surface area contributed by atoms with Crippen molar-refractivity contribution >= 4 is 11.5 Å². The second kappa shape index (κ2) is 6.65. The summed E-state index contributed by atoms with van der Waals surface area (Å²) in [6.07, 6.45) is 4.67. The molecule has 0 fully saturated rings. The number of carboxylic acid groups (broad SMARTS) is 1. The number of ether oxygens (including phenoxy) is 1. The molecule has 1 aromatic rings. The highest BCUT2D eigenvalue weighted by molar-refractivity contribution is 5.92. The van der Waals surface area contributed by atoms with Gasteiger partial charge in [0.1, 0.15) is 0 Å². The molecule has 0 aliphatic heterocycles. The maximum atomic E-state index is 10.8. The summed E-state index contributed by atoms with van der Waals surface area (Å²) < 4.78 is 5.45. The molecule has 0 aliphatic carbocycles. The molecule has 0 bridgehead atoms. The molecule has 0 saturated carbocycles. The van der Waals surface area contributed by atoms with Crippen LogP contribution in [0.15, 0.2) is 42.8 Å². The first-order valence-corrected chi connectivity index (χ1v) is 6.10. The monoisotopic (exact) mass is 274 g/mol. The molecule has 5 nitrogen and oxygen atoms in total. The Labute approximate surface area is 118 Å². The van der Waals surface area contributed by atoms with Crippen molar-refractivity contribution in [2.45, 2.75) is 26.9 Å². The Morgan fingerprint density at radius 1 is 1.40 bits per heavy atom. The van der Waals surface area contributed by atoms with Gasteiger partial charge in [0.05, 0.1) is 29.8 Å². The van der Waals surface area contributed by atoms with Gasteiger partial charge in [-0.3, -0.25) is 4.98 Å². The number of carboxylic acids is 1. The summed E-state index contributed by atoms with van der Waals surface area (Å²) in [7, 11) is 0. The Balaban J connectivity index is 2.95. The third kappa shape index (κ3) is 4.35. The topological polar surface area (TPSA) is 72.3 Å². The first kappa shape index (κ1) is 15.6. The van der Waals surface area contributed by atoms with Crippen LogP contribution in [-0.2, 0) is 4.79 Å². The summed E-state index contributed by atoms with van der Waals surface area (Å²) in [5, 5.41) is 8.86. The molecule has 0 aromatic carbocycles. The van der Waals surface area contributed by atoms with Gasteiger partial charge in [0.2, 0.25) is 5.88 Å². The van der Waals surface area contributed by atoms with Gasteiger partial charge in [-0.15, -0.1) is 0 Å². The van der Waals surface area contributed by atoms with E-state index in [0.29, 0.717) is 22.7 Å². The molecule has 0 atom stereocenters. The zero-order valence-corrected chi connectivity index (χ0v) is 11.9. The summed E-state index contributed by atoms with van der Waals surface area (Å²) in [5.74, 6) is -0.656. The molecule has 0 aliphatic rings. The van der Waals surface area contributed by atoms with E-state index in [9.17, 15) is 4.79 Å². The number of allylic oxidation sites excluding steroid dienone is 2. The normalized spacial score (nSPS) is 11.3. The Morgan fingerprint density at radius 3 is 2.60 bits per heavy atom. The summed E-state index contributed by atoms with van der Waals surface area (Å²) in [6, 6.07) is 0. The third-order valence-electron chi connectivity index (χ3n) is 2.42. The van der Waals surface area contributed by atoms with E-state index in [0.717, 1.165) is 0 Å². The summed E-state index contributed by atoms with van der Waals surface area (Å²) in [6.45, 7) is 12.8. The highest BCUT2D eigenvalue weighted by Gasteiger charge is 2.08. The lowest BCUT2D eigenvalue weighted by atomic mass is 10.1. The second-order valence-corrected chi connectivity index (χ2v) is 4.55. The van der Waals surface area contributed by atoms with Crippen molar-refractivity contribution in [3.63, 3.8) is 0 Å². The number of hydrogen-bond donors (Lipinski definition) is 1. The van der Waals surface area contributed by atoms with Gasteiger partial charge in [0, 0.05) is 0 Å². The highest BCUT2D eigenvalue weighted by Crippen LogP contribution is 2.18. The van der Waals surface area contributed by atoms with Crippen molar-refractivity contribution in [1.29, 1.82) is 0 Å². The van der Waals surface area contributed by atoms with E-state index < -0.39 is 5.97 Å². The minimum atomic E-state index is -1.06. The smallest absolute Gasteiger partial charge is 0.335 e. The molecular weight excluding hydrogens is 256 g/mol. The summed E-state index contributed by atoms with van der Waals surface area (Å²) >= 11 is 0. The molecule has 0 spiro atoms. The number of carbonyl (C=O) groups is 1. The van der Waals surface area contributed by atoms with Crippen LogP contribution in [0.5, 0.6) is 5.88 Å². The van der Waals surface area contributed by atoms with E-state index in [1.807, 2.05) is 13.8 Å². The van der Waals surface area contributed by atoms with Crippen LogP contribution in [0.1, 0.15) is 26.5 Å². The zero-order chi connectivity index (χ0) is 15.3. The molecule has 1 heterocycles. The van der Waals surface area contributed by atoms with Gasteiger partial charge in [0.15, 0.2) is 0 Å². The first-order chi connectivity index (χ1) is 9.31. The molecule has 5 heteroatoms. The van der Waals surface area contributed by atoms with Crippen molar-refractivity contribution in [2.75, 3.05) is 0 Å². The molecule has 0 radical (unpaired) electrons. The van der Waals surface area contributed by atoms with Crippen LogP contribution in [0.3, 0.4) is 0 Å². The van der Waals surface area contributed by atoms with Crippen molar-refractivity contribution in [3.8, 4) is 5.88 Å². The van der Waals surface area contributed by atoms with E-state index in [-0.39, 0.29) is 11.7 Å². The Hall–Kier alpha value is -2.43. The predicted molar refractivity (Wildman–Crippen MR) is 77.4 cm³/mol. The van der Waals surface area contributed by atoms with E-state index in [1.54, 1.807) is 19.2 Å². The highest BCUT2D eigenvalue weighted by atomic mass is 16.5. The molecule has 1 N–H and O–H groups in total. The first-order valence-electron chi connectivity index (χ1n) is 6.10. The van der Waals surface area contributed by atoms with Gasteiger partial charge in [-0.1, -0.05) is 13.2 Å². The van der Waals surface area contributed by atoms with Crippen LogP contribution in [0.4, 0.5) is 0 Å². The van der Waals surface area contributed by atoms with Crippen LogP contribution in [0.2, 0.25) is 0 Å². The minimum absolute atomic E-state index is 0.00289. The van der Waals surface area contributed by atoms with E-state index in [4.69, 9.17) is 9.84 Å². The van der Waals surface area contributed by atoms with Gasteiger partial charge in [0.25, 0.3) is 0 Å². The zero-order valence-electron chi connectivity index (χ0n) is 11.9. The quantitative estimate of drug-likeness (QED) is 0.638. The van der Waals surface area contributed by atoms with Crippen LogP contribution < -0.4 is 4.74 Å². The van der Waals surface area contributed by atoms with Crippen molar-refractivity contribution < 1.29 is 14.6 Å². The molecule has 1 aromatic heterocycles. The van der Waals surface area contributed by atoms with Crippen LogP contribution >= 0.6 is 0 Å². The lowest BCUT2D eigenvalue weighted by molar-refractivity contribution is -0.132. The average Bonchev–Trinajstić information content (AvgIpc) is 2.37. The summed E-state index contributed by atoms with van der Waals surface area (Å²) in [5.41, 5.74) is 1.61. The van der Waals surface area contributed by atoms with Crippen LogP contribution in [-0.4, -0.2) is 27.1 Å². The van der Waals surface area contributed by atoms with Gasteiger partial charge >= 0.3 is 5.97 Å². The molecule has 0 saturated heterocycles. The van der Waals surface area contributed by atoms with Gasteiger partial charge in [-0.2, -0.15) is 0 Å². The Kier molecular flexibility index (Phi) is 5.20. The molecule has 20 heavy (non-hydrogen) atoms. The second-order valence-electron chi connectivity index (χ2n) is 4.55. The fourth-order valence-corrected chi connectivity index (χ4v) is 1.39. The van der Waals surface area contributed by atoms with Gasteiger partial charge in [-0.25, -0.2) is 9.78 Å². The Morgan fingerprint density at radius 2 is 2.05 bits per heavy atom. The van der Waals surface area contributed by atoms with E-state index >= 15 is 0 Å². The standard InChI is InChI=1S/C15H18N2O3/c1-9(2)20-14-8-16-7-13(17-14)11(4)6-10(3)12(5)15(18)19/h6-9H,4-5H2,1-3H3,(H,18,19)/b10-6+. The van der Waals surface area contributed by atoms with E-state index in [2.05, 4.69) is 23.1 Å². The summed E-state index contributed by atoms with van der Waals surface area (Å²) in [4.78, 5) is 19.1. The minimum Gasteiger partial charge on any atom is -0.478 e. The van der Waals surface area contributed by atoms with Crippen LogP contribution in [0, 0.1) is 0 Å². The van der Waals surface area contributed by atoms with Crippen molar-refractivity contribution in [3.05, 3.63) is 48.5 Å². The SMILES string of the molecule is C=C(C(=O)O)/C(C)=C/C(=C)c1cncc(OC(C)C)n1. The maximum absolute atomic E-state index is 10.8. The maximum Gasteiger partial charge on any atom is 0.335 e. The third-order valence-corrected chi connectivity index (χ3v) is 2.42. The largest absolute Gasteiger partial charge is 0.478 e. The number of aromatic nitrogens is 2. The fraction of sp³-hybridized carbons (Fsp3) is 0.267. The lowest BCUT2D eigenvalue weighted by Crippen LogP contribution is -2.08. The molecule has 0 amide bonds. The van der Waals surface area contributed by atoms with E-state index in [1.165, 1.54) is 6.20 Å². The predicted octanol–water partition coefficient (Wildman–Crippen LogP) is 2.86. The fourth-order valence-electron chi connectivity index (χ4n) is 1.39. The molecule has 1 rings (SSSR count). The number of aliphatic carboxylic acids is 1.